The summed E-state index contributed by atoms with van der Waals surface area (Å²) in [7, 11) is 0. The summed E-state index contributed by atoms with van der Waals surface area (Å²) >= 11 is 0. The van der Waals surface area contributed by atoms with Gasteiger partial charge in [-0.15, -0.1) is 0 Å². The molecule has 1 N–H and O–H groups in total. The molecule has 1 aliphatic rings. The lowest BCUT2D eigenvalue weighted by molar-refractivity contribution is -0.121. The van der Waals surface area contributed by atoms with Crippen LogP contribution in [0.3, 0.4) is 0 Å². The normalized spacial score (nSPS) is 17.9. The van der Waals surface area contributed by atoms with Crippen LogP contribution in [0.1, 0.15) is 41.6 Å². The van der Waals surface area contributed by atoms with Gasteiger partial charge in [0.05, 0.1) is 6.04 Å². The molecule has 0 fully saturated rings. The first kappa shape index (κ1) is 10.2. The molecule has 0 aromatic heterocycles. The fourth-order valence-corrected chi connectivity index (χ4v) is 2.34. The molecule has 2 rings (SSSR count). The fourth-order valence-electron chi connectivity index (χ4n) is 2.34. The van der Waals surface area contributed by atoms with Crippen molar-refractivity contribution < 1.29 is 4.79 Å². The van der Waals surface area contributed by atoms with Gasteiger partial charge in [0.15, 0.2) is 0 Å². The van der Waals surface area contributed by atoms with Crippen LogP contribution in [0.2, 0.25) is 0 Å². The molecular weight excluding hydrogens is 186 g/mol. The SMILES string of the molecule is CCC(=O)N[C@@H]1Cc2cc(C)cc(C)c21. The van der Waals surface area contributed by atoms with Crippen molar-refractivity contribution in [1.29, 1.82) is 0 Å². The van der Waals surface area contributed by atoms with E-state index >= 15 is 0 Å². The summed E-state index contributed by atoms with van der Waals surface area (Å²) in [5.41, 5.74) is 5.35. The van der Waals surface area contributed by atoms with E-state index in [9.17, 15) is 4.79 Å². The Morgan fingerprint density at radius 3 is 2.80 bits per heavy atom. The van der Waals surface area contributed by atoms with Gasteiger partial charge in [0, 0.05) is 6.42 Å². The Bertz CT molecular complexity index is 392. The molecular formula is C13H17NO. The predicted molar refractivity (Wildman–Crippen MR) is 60.8 cm³/mol. The zero-order valence-corrected chi connectivity index (χ0v) is 9.55. The zero-order chi connectivity index (χ0) is 11.0. The summed E-state index contributed by atoms with van der Waals surface area (Å²) in [6.07, 6.45) is 1.56. The van der Waals surface area contributed by atoms with E-state index in [4.69, 9.17) is 0 Å². The minimum absolute atomic E-state index is 0.144. The lowest BCUT2D eigenvalue weighted by atomic mass is 9.79. The number of carbonyl (C=O) groups is 1. The van der Waals surface area contributed by atoms with Crippen LogP contribution in [-0.4, -0.2) is 5.91 Å². The van der Waals surface area contributed by atoms with Crippen LogP contribution in [0, 0.1) is 13.8 Å². The predicted octanol–water partition coefficient (Wildman–Crippen LogP) is 2.43. The second kappa shape index (κ2) is 3.69. The van der Waals surface area contributed by atoms with Crippen LogP contribution in [-0.2, 0) is 11.2 Å². The molecule has 0 unspecified atom stereocenters. The number of carbonyl (C=O) groups excluding carboxylic acids is 1. The third kappa shape index (κ3) is 1.76. The van der Waals surface area contributed by atoms with Gasteiger partial charge in [-0.3, -0.25) is 4.79 Å². The number of benzene rings is 1. The lowest BCUT2D eigenvalue weighted by Crippen LogP contribution is -2.36. The van der Waals surface area contributed by atoms with Gasteiger partial charge < -0.3 is 5.32 Å². The highest BCUT2D eigenvalue weighted by Gasteiger charge is 2.28. The largest absolute Gasteiger partial charge is 0.349 e. The van der Waals surface area contributed by atoms with Crippen molar-refractivity contribution in [2.75, 3.05) is 0 Å². The first-order chi connectivity index (χ1) is 7.11. The Labute approximate surface area is 90.7 Å². The number of fused-ring (bicyclic) bond motifs is 1. The molecule has 1 aliphatic carbocycles. The maximum atomic E-state index is 11.3. The van der Waals surface area contributed by atoms with Gasteiger partial charge in [-0.2, -0.15) is 0 Å². The van der Waals surface area contributed by atoms with Crippen molar-refractivity contribution in [2.45, 2.75) is 39.7 Å². The van der Waals surface area contributed by atoms with Gasteiger partial charge in [-0.1, -0.05) is 24.6 Å². The zero-order valence-electron chi connectivity index (χ0n) is 9.55. The van der Waals surface area contributed by atoms with Crippen molar-refractivity contribution in [3.05, 3.63) is 34.4 Å². The van der Waals surface area contributed by atoms with Crippen LogP contribution < -0.4 is 5.32 Å². The Morgan fingerprint density at radius 1 is 1.47 bits per heavy atom. The molecule has 1 aromatic rings. The summed E-state index contributed by atoms with van der Waals surface area (Å²) in [6.45, 7) is 6.12. The van der Waals surface area contributed by atoms with Gasteiger partial charge >= 0.3 is 0 Å². The van der Waals surface area contributed by atoms with E-state index in [0.717, 1.165) is 6.42 Å². The van der Waals surface area contributed by atoms with Crippen LogP contribution >= 0.6 is 0 Å². The van der Waals surface area contributed by atoms with Crippen molar-refractivity contribution in [1.82, 2.24) is 5.32 Å². The van der Waals surface area contributed by atoms with E-state index in [1.807, 2.05) is 6.92 Å². The summed E-state index contributed by atoms with van der Waals surface area (Å²) in [5, 5.41) is 3.04. The first-order valence-corrected chi connectivity index (χ1v) is 5.51. The molecule has 0 aliphatic heterocycles. The molecule has 0 bridgehead atoms. The molecule has 80 valence electrons. The Hall–Kier alpha value is -1.31. The average molecular weight is 203 g/mol. The van der Waals surface area contributed by atoms with Crippen molar-refractivity contribution in [3.8, 4) is 0 Å². The fraction of sp³-hybridized carbons (Fsp3) is 0.462. The number of aryl methyl sites for hydroxylation is 2. The molecule has 0 saturated heterocycles. The van der Waals surface area contributed by atoms with E-state index in [-0.39, 0.29) is 11.9 Å². The molecule has 15 heavy (non-hydrogen) atoms. The van der Waals surface area contributed by atoms with Gasteiger partial charge in [0.2, 0.25) is 5.91 Å². The molecule has 1 aromatic carbocycles. The number of amides is 1. The Kier molecular flexibility index (Phi) is 2.51. The third-order valence-electron chi connectivity index (χ3n) is 3.05. The molecule has 0 radical (unpaired) electrons. The first-order valence-electron chi connectivity index (χ1n) is 5.51. The maximum absolute atomic E-state index is 11.3. The summed E-state index contributed by atoms with van der Waals surface area (Å²) < 4.78 is 0. The molecule has 1 amide bonds. The van der Waals surface area contributed by atoms with Crippen LogP contribution in [0.5, 0.6) is 0 Å². The molecule has 1 atom stereocenters. The number of nitrogens with one attached hydrogen (secondary N) is 1. The van der Waals surface area contributed by atoms with Crippen molar-refractivity contribution in [3.63, 3.8) is 0 Å². The van der Waals surface area contributed by atoms with Gasteiger partial charge in [0.1, 0.15) is 0 Å². The smallest absolute Gasteiger partial charge is 0.220 e. The van der Waals surface area contributed by atoms with E-state index in [2.05, 4.69) is 31.3 Å². The lowest BCUT2D eigenvalue weighted by Gasteiger charge is -2.33. The second-order valence-electron chi connectivity index (χ2n) is 4.33. The molecule has 0 spiro atoms. The maximum Gasteiger partial charge on any atom is 0.220 e. The second-order valence-corrected chi connectivity index (χ2v) is 4.33. The van der Waals surface area contributed by atoms with E-state index < -0.39 is 0 Å². The Morgan fingerprint density at radius 2 is 2.20 bits per heavy atom. The van der Waals surface area contributed by atoms with Crippen molar-refractivity contribution in [2.24, 2.45) is 0 Å². The summed E-state index contributed by atoms with van der Waals surface area (Å²) in [4.78, 5) is 11.3. The number of hydrogen-bond acceptors (Lipinski definition) is 1. The highest BCUT2D eigenvalue weighted by atomic mass is 16.1. The molecule has 2 heteroatoms. The minimum atomic E-state index is 0.144. The number of hydrogen-bond donors (Lipinski definition) is 1. The Balaban J connectivity index is 2.20. The topological polar surface area (TPSA) is 29.1 Å². The average Bonchev–Trinajstić information content (AvgIpc) is 2.13. The summed E-state index contributed by atoms with van der Waals surface area (Å²) in [6, 6.07) is 4.66. The van der Waals surface area contributed by atoms with E-state index in [0.29, 0.717) is 6.42 Å². The van der Waals surface area contributed by atoms with E-state index in [1.54, 1.807) is 0 Å². The highest BCUT2D eigenvalue weighted by Crippen LogP contribution is 2.36. The van der Waals surface area contributed by atoms with Gasteiger partial charge in [0.25, 0.3) is 0 Å². The van der Waals surface area contributed by atoms with Gasteiger partial charge in [-0.25, -0.2) is 0 Å². The number of rotatable bonds is 2. The monoisotopic (exact) mass is 203 g/mol. The van der Waals surface area contributed by atoms with Gasteiger partial charge in [-0.05, 0) is 37.0 Å². The van der Waals surface area contributed by atoms with E-state index in [1.165, 1.54) is 22.3 Å². The van der Waals surface area contributed by atoms with Crippen LogP contribution in [0.15, 0.2) is 12.1 Å². The highest BCUT2D eigenvalue weighted by molar-refractivity contribution is 5.76. The standard InChI is InChI=1S/C13H17NO/c1-4-12(15)14-11-7-10-6-8(2)5-9(3)13(10)11/h5-6,11H,4,7H2,1-3H3,(H,14,15)/t11-/m1/s1. The molecule has 0 heterocycles. The molecule has 2 nitrogen and oxygen atoms in total. The third-order valence-corrected chi connectivity index (χ3v) is 3.05. The van der Waals surface area contributed by atoms with Crippen LogP contribution in [0.4, 0.5) is 0 Å². The van der Waals surface area contributed by atoms with Crippen LogP contribution in [0.25, 0.3) is 0 Å². The van der Waals surface area contributed by atoms with Crippen molar-refractivity contribution >= 4 is 5.91 Å². The quantitative estimate of drug-likeness (QED) is 0.785. The minimum Gasteiger partial charge on any atom is -0.349 e. The molecule has 0 saturated carbocycles. The summed E-state index contributed by atoms with van der Waals surface area (Å²) in [5.74, 6) is 0.144.